The Kier molecular flexibility index (Phi) is 3.82. The maximum absolute atomic E-state index is 11.6. The summed E-state index contributed by atoms with van der Waals surface area (Å²) < 4.78 is 4.60. The number of carbonyl (C=O) groups excluding carboxylic acids is 3. The van der Waals surface area contributed by atoms with Crippen molar-refractivity contribution < 1.29 is 19.1 Å². The highest BCUT2D eigenvalue weighted by atomic mass is 16.5. The SMILES string of the molecule is COC(=O)C1CCCN1C(=O)CC(C)=O. The number of esters is 1. The van der Waals surface area contributed by atoms with Crippen LogP contribution in [-0.2, 0) is 19.1 Å². The molecule has 1 aliphatic rings. The molecule has 1 amide bonds. The molecule has 1 atom stereocenters. The van der Waals surface area contributed by atoms with Crippen LogP contribution in [0.4, 0.5) is 0 Å². The summed E-state index contributed by atoms with van der Waals surface area (Å²) in [5.74, 6) is -0.865. The van der Waals surface area contributed by atoms with Gasteiger partial charge in [-0.25, -0.2) is 4.79 Å². The highest BCUT2D eigenvalue weighted by Gasteiger charge is 2.34. The molecule has 1 fully saturated rings. The third kappa shape index (κ3) is 2.78. The van der Waals surface area contributed by atoms with Gasteiger partial charge in [0, 0.05) is 6.54 Å². The molecule has 0 spiro atoms. The van der Waals surface area contributed by atoms with Gasteiger partial charge in [-0.15, -0.1) is 0 Å². The predicted octanol–water partition coefficient (Wildman–Crippen LogP) is 0.129. The van der Waals surface area contributed by atoms with Crippen molar-refractivity contribution in [2.24, 2.45) is 0 Å². The minimum absolute atomic E-state index is 0.131. The van der Waals surface area contributed by atoms with Gasteiger partial charge < -0.3 is 9.64 Å². The van der Waals surface area contributed by atoms with Crippen molar-refractivity contribution in [1.82, 2.24) is 4.90 Å². The Morgan fingerprint density at radius 2 is 2.07 bits per heavy atom. The van der Waals surface area contributed by atoms with E-state index >= 15 is 0 Å². The van der Waals surface area contributed by atoms with Crippen LogP contribution in [0.5, 0.6) is 0 Å². The zero-order valence-corrected chi connectivity index (χ0v) is 8.99. The first-order chi connectivity index (χ1) is 7.06. The summed E-state index contributed by atoms with van der Waals surface area (Å²) >= 11 is 0. The topological polar surface area (TPSA) is 63.7 Å². The molecule has 5 nitrogen and oxygen atoms in total. The van der Waals surface area contributed by atoms with Gasteiger partial charge in [-0.05, 0) is 19.8 Å². The minimum Gasteiger partial charge on any atom is -0.467 e. The summed E-state index contributed by atoms with van der Waals surface area (Å²) in [7, 11) is 1.30. The van der Waals surface area contributed by atoms with Gasteiger partial charge in [0.05, 0.1) is 13.5 Å². The molecular formula is C10H15NO4. The molecule has 1 unspecified atom stereocenters. The number of methoxy groups -OCH3 is 1. The number of hydrogen-bond donors (Lipinski definition) is 0. The van der Waals surface area contributed by atoms with Crippen molar-refractivity contribution in [1.29, 1.82) is 0 Å². The lowest BCUT2D eigenvalue weighted by Gasteiger charge is -2.21. The van der Waals surface area contributed by atoms with Gasteiger partial charge in [0.1, 0.15) is 11.8 Å². The molecule has 0 N–H and O–H groups in total. The average molecular weight is 213 g/mol. The van der Waals surface area contributed by atoms with Crippen LogP contribution < -0.4 is 0 Å². The number of ketones is 1. The molecule has 0 aromatic carbocycles. The highest BCUT2D eigenvalue weighted by Crippen LogP contribution is 2.19. The number of hydrogen-bond acceptors (Lipinski definition) is 4. The van der Waals surface area contributed by atoms with Crippen molar-refractivity contribution in [3.8, 4) is 0 Å². The van der Waals surface area contributed by atoms with Crippen LogP contribution in [0.3, 0.4) is 0 Å². The molecule has 1 rings (SSSR count). The number of carbonyl (C=O) groups is 3. The number of likely N-dealkylation sites (tertiary alicyclic amines) is 1. The summed E-state index contributed by atoms with van der Waals surface area (Å²) in [6, 6.07) is -0.498. The maximum atomic E-state index is 11.6. The fourth-order valence-electron chi connectivity index (χ4n) is 1.76. The van der Waals surface area contributed by atoms with Gasteiger partial charge in [0.15, 0.2) is 0 Å². The summed E-state index contributed by atoms with van der Waals surface area (Å²) in [6.07, 6.45) is 1.27. The van der Waals surface area contributed by atoms with Crippen LogP contribution in [0.2, 0.25) is 0 Å². The molecule has 0 radical (unpaired) electrons. The van der Waals surface area contributed by atoms with E-state index in [2.05, 4.69) is 4.74 Å². The Morgan fingerprint density at radius 3 is 2.60 bits per heavy atom. The van der Waals surface area contributed by atoms with E-state index < -0.39 is 12.0 Å². The molecule has 0 aromatic rings. The maximum Gasteiger partial charge on any atom is 0.328 e. The average Bonchev–Trinajstić information content (AvgIpc) is 2.63. The minimum atomic E-state index is -0.498. The third-order valence-electron chi connectivity index (χ3n) is 2.45. The van der Waals surface area contributed by atoms with E-state index in [1.54, 1.807) is 0 Å². The van der Waals surface area contributed by atoms with Gasteiger partial charge in [-0.2, -0.15) is 0 Å². The van der Waals surface area contributed by atoms with Gasteiger partial charge in [-0.1, -0.05) is 0 Å². The molecule has 84 valence electrons. The number of nitrogens with zero attached hydrogens (tertiary/aromatic N) is 1. The summed E-state index contributed by atoms with van der Waals surface area (Å²) in [5, 5.41) is 0. The van der Waals surface area contributed by atoms with Crippen LogP contribution in [0.25, 0.3) is 0 Å². The van der Waals surface area contributed by atoms with Crippen molar-refractivity contribution in [3.63, 3.8) is 0 Å². The normalized spacial score (nSPS) is 20.1. The van der Waals surface area contributed by atoms with Crippen molar-refractivity contribution in [2.75, 3.05) is 13.7 Å². The highest BCUT2D eigenvalue weighted by molar-refractivity contribution is 5.98. The number of rotatable bonds is 3. The van der Waals surface area contributed by atoms with Crippen LogP contribution in [0, 0.1) is 0 Å². The van der Waals surface area contributed by atoms with E-state index in [0.29, 0.717) is 13.0 Å². The smallest absolute Gasteiger partial charge is 0.328 e. The van der Waals surface area contributed by atoms with E-state index in [4.69, 9.17) is 0 Å². The van der Waals surface area contributed by atoms with E-state index in [9.17, 15) is 14.4 Å². The first-order valence-corrected chi connectivity index (χ1v) is 4.93. The Labute approximate surface area is 88.4 Å². The second-order valence-electron chi connectivity index (χ2n) is 3.65. The number of ether oxygens (including phenoxy) is 1. The van der Waals surface area contributed by atoms with Crippen LogP contribution in [-0.4, -0.2) is 42.3 Å². The standard InChI is InChI=1S/C10H15NO4/c1-7(12)6-9(13)11-5-3-4-8(11)10(14)15-2/h8H,3-6H2,1-2H3. The predicted molar refractivity (Wildman–Crippen MR) is 52.0 cm³/mol. The fourth-order valence-corrected chi connectivity index (χ4v) is 1.76. The lowest BCUT2D eigenvalue weighted by atomic mass is 10.2. The second kappa shape index (κ2) is 4.91. The van der Waals surface area contributed by atoms with Crippen LogP contribution in [0.1, 0.15) is 26.2 Å². The summed E-state index contributed by atoms with van der Waals surface area (Å²) in [5.41, 5.74) is 0. The number of Topliss-reactive ketones (excluding diaryl/α,β-unsaturated/α-hetero) is 1. The van der Waals surface area contributed by atoms with Crippen LogP contribution in [0.15, 0.2) is 0 Å². The quantitative estimate of drug-likeness (QED) is 0.493. The molecule has 5 heteroatoms. The molecule has 1 heterocycles. The third-order valence-corrected chi connectivity index (χ3v) is 2.45. The Morgan fingerprint density at radius 1 is 1.40 bits per heavy atom. The fraction of sp³-hybridized carbons (Fsp3) is 0.700. The molecule has 0 saturated carbocycles. The largest absolute Gasteiger partial charge is 0.467 e. The Balaban J connectivity index is 2.63. The monoisotopic (exact) mass is 213 g/mol. The van der Waals surface area contributed by atoms with E-state index in [0.717, 1.165) is 6.42 Å². The van der Waals surface area contributed by atoms with Gasteiger partial charge in [0.2, 0.25) is 5.91 Å². The van der Waals surface area contributed by atoms with E-state index in [-0.39, 0.29) is 18.1 Å². The molecule has 15 heavy (non-hydrogen) atoms. The Bertz CT molecular complexity index is 287. The zero-order valence-electron chi connectivity index (χ0n) is 8.99. The molecule has 0 bridgehead atoms. The second-order valence-corrected chi connectivity index (χ2v) is 3.65. The van der Waals surface area contributed by atoms with Crippen molar-refractivity contribution in [3.05, 3.63) is 0 Å². The van der Waals surface area contributed by atoms with E-state index in [1.165, 1.54) is 18.9 Å². The first kappa shape index (κ1) is 11.7. The molecular weight excluding hydrogens is 198 g/mol. The molecule has 1 saturated heterocycles. The van der Waals surface area contributed by atoms with Gasteiger partial charge in [0.25, 0.3) is 0 Å². The lowest BCUT2D eigenvalue weighted by Crippen LogP contribution is -2.41. The molecule has 0 aromatic heterocycles. The lowest BCUT2D eigenvalue weighted by molar-refractivity contribution is -0.151. The zero-order chi connectivity index (χ0) is 11.4. The molecule has 0 aliphatic carbocycles. The van der Waals surface area contributed by atoms with E-state index in [1.807, 2.05) is 0 Å². The van der Waals surface area contributed by atoms with Crippen molar-refractivity contribution in [2.45, 2.75) is 32.2 Å². The summed E-state index contributed by atoms with van der Waals surface area (Å²) in [4.78, 5) is 35.1. The van der Waals surface area contributed by atoms with Gasteiger partial charge in [-0.3, -0.25) is 9.59 Å². The number of amides is 1. The first-order valence-electron chi connectivity index (χ1n) is 4.93. The summed E-state index contributed by atoms with van der Waals surface area (Å²) in [6.45, 7) is 1.90. The van der Waals surface area contributed by atoms with Crippen molar-refractivity contribution >= 4 is 17.7 Å². The molecule has 1 aliphatic heterocycles. The van der Waals surface area contributed by atoms with Crippen LogP contribution >= 0.6 is 0 Å². The van der Waals surface area contributed by atoms with Gasteiger partial charge >= 0.3 is 5.97 Å². The Hall–Kier alpha value is -1.39.